The first-order chi connectivity index (χ1) is 11.7. The van der Waals surface area contributed by atoms with E-state index in [0.29, 0.717) is 57.1 Å². The minimum absolute atomic E-state index is 0.00851. The van der Waals surface area contributed by atoms with Gasteiger partial charge in [-0.1, -0.05) is 24.3 Å². The van der Waals surface area contributed by atoms with Crippen molar-refractivity contribution in [2.45, 2.75) is 13.3 Å². The van der Waals surface area contributed by atoms with Crippen molar-refractivity contribution in [3.63, 3.8) is 0 Å². The largest absolute Gasteiger partial charge is 0.489 e. The summed E-state index contributed by atoms with van der Waals surface area (Å²) < 4.78 is 5.74. The lowest BCUT2D eigenvalue weighted by atomic mass is 10.1. The van der Waals surface area contributed by atoms with Crippen molar-refractivity contribution in [1.82, 2.24) is 15.5 Å². The lowest BCUT2D eigenvalue weighted by Crippen LogP contribution is -2.39. The van der Waals surface area contributed by atoms with E-state index in [2.05, 4.69) is 10.6 Å². The van der Waals surface area contributed by atoms with Crippen LogP contribution < -0.4 is 15.4 Å². The summed E-state index contributed by atoms with van der Waals surface area (Å²) in [6.07, 6.45) is 4.28. The second-order valence-electron chi connectivity index (χ2n) is 5.47. The summed E-state index contributed by atoms with van der Waals surface area (Å²) in [5.74, 6) is 0.487. The van der Waals surface area contributed by atoms with Crippen LogP contribution in [0.2, 0.25) is 0 Å². The number of ether oxygens (including phenoxy) is 1. The van der Waals surface area contributed by atoms with E-state index in [9.17, 15) is 9.59 Å². The van der Waals surface area contributed by atoms with Crippen molar-refractivity contribution in [2.75, 3.05) is 39.3 Å². The van der Waals surface area contributed by atoms with Gasteiger partial charge in [-0.15, -0.1) is 0 Å². The van der Waals surface area contributed by atoms with Crippen LogP contribution in [0, 0.1) is 0 Å². The number of nitrogens with zero attached hydrogens (tertiary/aromatic N) is 1. The van der Waals surface area contributed by atoms with E-state index in [1.54, 1.807) is 17.0 Å². The van der Waals surface area contributed by atoms with Crippen LogP contribution in [-0.4, -0.2) is 56.0 Å². The third-order valence-electron chi connectivity index (χ3n) is 3.78. The number of carbonyl (C=O) groups is 2. The molecular weight excluding hydrogens is 306 g/mol. The normalized spacial score (nSPS) is 19.1. The highest BCUT2D eigenvalue weighted by Gasteiger charge is 2.18. The van der Waals surface area contributed by atoms with Gasteiger partial charge >= 0.3 is 0 Å². The molecule has 1 aliphatic rings. The Bertz CT molecular complexity index is 587. The molecule has 1 aromatic rings. The fourth-order valence-corrected chi connectivity index (χ4v) is 2.44. The number of rotatable bonds is 1. The van der Waals surface area contributed by atoms with E-state index in [4.69, 9.17) is 4.74 Å². The van der Waals surface area contributed by atoms with E-state index in [1.807, 2.05) is 31.2 Å². The monoisotopic (exact) mass is 331 g/mol. The molecule has 24 heavy (non-hydrogen) atoms. The molecule has 0 spiro atoms. The van der Waals surface area contributed by atoms with Crippen molar-refractivity contribution < 1.29 is 14.3 Å². The van der Waals surface area contributed by atoms with Crippen LogP contribution >= 0.6 is 0 Å². The Kier molecular flexibility index (Phi) is 7.29. The molecule has 1 heterocycles. The molecule has 6 nitrogen and oxygen atoms in total. The van der Waals surface area contributed by atoms with Gasteiger partial charge in [-0.05, 0) is 19.1 Å². The van der Waals surface area contributed by atoms with Gasteiger partial charge in [0.05, 0.1) is 5.56 Å². The molecule has 130 valence electrons. The van der Waals surface area contributed by atoms with Crippen LogP contribution in [0.3, 0.4) is 0 Å². The van der Waals surface area contributed by atoms with Gasteiger partial charge in [0.1, 0.15) is 12.4 Å². The maximum Gasteiger partial charge on any atom is 0.257 e. The predicted octanol–water partition coefficient (Wildman–Crippen LogP) is 1.19. The summed E-state index contributed by atoms with van der Waals surface area (Å²) in [4.78, 5) is 26.2. The second kappa shape index (κ2) is 9.72. The smallest absolute Gasteiger partial charge is 0.257 e. The number of fused-ring (bicyclic) bond motifs is 1. The average Bonchev–Trinajstić information content (AvgIpc) is 2.60. The van der Waals surface area contributed by atoms with Crippen LogP contribution in [0.1, 0.15) is 23.7 Å². The predicted molar refractivity (Wildman–Crippen MR) is 93.2 cm³/mol. The van der Waals surface area contributed by atoms with Crippen molar-refractivity contribution in [2.24, 2.45) is 0 Å². The van der Waals surface area contributed by atoms with Gasteiger partial charge in [-0.3, -0.25) is 9.59 Å². The zero-order valence-corrected chi connectivity index (χ0v) is 14.1. The molecule has 2 amide bonds. The highest BCUT2D eigenvalue weighted by molar-refractivity contribution is 5.97. The summed E-state index contributed by atoms with van der Waals surface area (Å²) in [5, 5.41) is 6.03. The number of benzene rings is 1. The average molecular weight is 331 g/mol. The first-order valence-corrected chi connectivity index (χ1v) is 8.36. The first-order valence-electron chi connectivity index (χ1n) is 8.36. The Hall–Kier alpha value is -2.34. The standard InChI is InChI=1S/C18H25N3O3/c1-2-21-13-12-20-17(22)9-11-19-10-5-6-14-24-16-8-4-3-7-15(16)18(21)23/h3-8,19H,2,9-14H2,1H3,(H,20,22)/b6-5-. The van der Waals surface area contributed by atoms with Crippen LogP contribution in [0.4, 0.5) is 0 Å². The molecule has 0 bridgehead atoms. The summed E-state index contributed by atoms with van der Waals surface area (Å²) in [6.45, 7) is 5.12. The van der Waals surface area contributed by atoms with E-state index in [-0.39, 0.29) is 11.8 Å². The molecule has 0 saturated heterocycles. The van der Waals surface area contributed by atoms with Gasteiger partial charge in [0.2, 0.25) is 5.91 Å². The van der Waals surface area contributed by atoms with Gasteiger partial charge in [-0.2, -0.15) is 0 Å². The highest BCUT2D eigenvalue weighted by Crippen LogP contribution is 2.20. The summed E-state index contributed by atoms with van der Waals surface area (Å²) in [5.41, 5.74) is 0.546. The molecular formula is C18H25N3O3. The number of carbonyl (C=O) groups excluding carboxylic acids is 2. The Morgan fingerprint density at radius 3 is 2.83 bits per heavy atom. The third-order valence-corrected chi connectivity index (χ3v) is 3.78. The topological polar surface area (TPSA) is 70.7 Å². The van der Waals surface area contributed by atoms with Gasteiger partial charge < -0.3 is 20.3 Å². The molecule has 0 atom stereocenters. The first kappa shape index (κ1) is 18.0. The fraction of sp³-hybridized carbons (Fsp3) is 0.444. The van der Waals surface area contributed by atoms with Crippen LogP contribution in [0.25, 0.3) is 0 Å². The molecule has 0 saturated carbocycles. The number of hydrogen-bond acceptors (Lipinski definition) is 4. The van der Waals surface area contributed by atoms with Crippen molar-refractivity contribution in [1.29, 1.82) is 0 Å². The number of para-hydroxylation sites is 1. The zero-order chi connectivity index (χ0) is 17.2. The summed E-state index contributed by atoms with van der Waals surface area (Å²) in [6, 6.07) is 7.26. The van der Waals surface area contributed by atoms with Gasteiger partial charge in [0.15, 0.2) is 0 Å². The number of hydrogen-bond donors (Lipinski definition) is 2. The molecule has 2 rings (SSSR count). The quantitative estimate of drug-likeness (QED) is 0.759. The van der Waals surface area contributed by atoms with Gasteiger partial charge in [-0.25, -0.2) is 0 Å². The maximum atomic E-state index is 12.7. The summed E-state index contributed by atoms with van der Waals surface area (Å²) >= 11 is 0. The van der Waals surface area contributed by atoms with Crippen molar-refractivity contribution in [3.05, 3.63) is 42.0 Å². The third kappa shape index (κ3) is 5.38. The van der Waals surface area contributed by atoms with Crippen molar-refractivity contribution >= 4 is 11.8 Å². The van der Waals surface area contributed by atoms with Crippen LogP contribution in [0.15, 0.2) is 36.4 Å². The Morgan fingerprint density at radius 2 is 2.00 bits per heavy atom. The lowest BCUT2D eigenvalue weighted by Gasteiger charge is -2.22. The van der Waals surface area contributed by atoms with Crippen LogP contribution in [-0.2, 0) is 4.79 Å². The second-order valence-corrected chi connectivity index (χ2v) is 5.47. The summed E-state index contributed by atoms with van der Waals surface area (Å²) in [7, 11) is 0. The Labute approximate surface area is 142 Å². The molecule has 0 fully saturated rings. The molecule has 0 radical (unpaired) electrons. The van der Waals surface area contributed by atoms with Gasteiger partial charge in [0, 0.05) is 39.1 Å². The fourth-order valence-electron chi connectivity index (χ4n) is 2.44. The Balaban J connectivity index is 2.15. The molecule has 1 aliphatic heterocycles. The van der Waals surface area contributed by atoms with E-state index in [1.165, 1.54) is 0 Å². The van der Waals surface area contributed by atoms with Gasteiger partial charge in [0.25, 0.3) is 5.91 Å². The zero-order valence-electron chi connectivity index (χ0n) is 14.1. The Morgan fingerprint density at radius 1 is 1.17 bits per heavy atom. The maximum absolute atomic E-state index is 12.7. The highest BCUT2D eigenvalue weighted by atomic mass is 16.5. The molecule has 0 aromatic heterocycles. The SMILES string of the molecule is CCN1CCNC(=O)CCNC/C=C\COc2ccccc2C1=O. The van der Waals surface area contributed by atoms with E-state index < -0.39 is 0 Å². The number of likely N-dealkylation sites (N-methyl/N-ethyl adjacent to an activating group) is 1. The number of amides is 2. The lowest BCUT2D eigenvalue weighted by molar-refractivity contribution is -0.121. The number of nitrogens with one attached hydrogen (secondary N) is 2. The van der Waals surface area contributed by atoms with E-state index >= 15 is 0 Å². The van der Waals surface area contributed by atoms with E-state index in [0.717, 1.165) is 0 Å². The minimum atomic E-state index is -0.0833. The molecule has 1 aromatic carbocycles. The minimum Gasteiger partial charge on any atom is -0.489 e. The van der Waals surface area contributed by atoms with Crippen molar-refractivity contribution in [3.8, 4) is 5.75 Å². The van der Waals surface area contributed by atoms with Crippen LogP contribution in [0.5, 0.6) is 5.75 Å². The molecule has 0 aliphatic carbocycles. The molecule has 6 heteroatoms. The molecule has 2 N–H and O–H groups in total. The molecule has 0 unspecified atom stereocenters.